The fraction of sp³-hybridized carbons (Fsp3) is 0.381. The van der Waals surface area contributed by atoms with E-state index >= 15 is 0 Å². The van der Waals surface area contributed by atoms with Crippen LogP contribution in [0.2, 0.25) is 5.02 Å². The van der Waals surface area contributed by atoms with Crippen LogP contribution in [0.3, 0.4) is 0 Å². The van der Waals surface area contributed by atoms with E-state index in [1.807, 2.05) is 0 Å². The Morgan fingerprint density at radius 3 is 2.42 bits per heavy atom. The lowest BCUT2D eigenvalue weighted by atomic mass is 10.00. The van der Waals surface area contributed by atoms with E-state index in [0.717, 1.165) is 6.07 Å². The van der Waals surface area contributed by atoms with Crippen LogP contribution in [0, 0.1) is 0 Å². The van der Waals surface area contributed by atoms with Crippen molar-refractivity contribution in [2.24, 2.45) is 0 Å². The predicted octanol–water partition coefficient (Wildman–Crippen LogP) is 5.69. The van der Waals surface area contributed by atoms with Crippen LogP contribution in [0.4, 0.5) is 13.2 Å². The summed E-state index contributed by atoms with van der Waals surface area (Å²) in [6.07, 6.45) is -3.32. The van der Waals surface area contributed by atoms with Crippen LogP contribution in [-0.2, 0) is 15.3 Å². The van der Waals surface area contributed by atoms with Crippen LogP contribution in [0.1, 0.15) is 28.8 Å². The van der Waals surface area contributed by atoms with E-state index in [1.165, 1.54) is 19.2 Å². The van der Waals surface area contributed by atoms with Crippen molar-refractivity contribution in [3.05, 3.63) is 58.6 Å². The van der Waals surface area contributed by atoms with E-state index in [-0.39, 0.29) is 17.0 Å². The molecule has 31 heavy (non-hydrogen) atoms. The molecule has 1 fully saturated rings. The number of nitrogens with one attached hydrogen (secondary N) is 1. The maximum absolute atomic E-state index is 13.2. The lowest BCUT2D eigenvalue weighted by Crippen LogP contribution is -2.43. The summed E-state index contributed by atoms with van der Waals surface area (Å²) in [5.41, 5.74) is 0.230. The second-order valence-corrected chi connectivity index (χ2v) is 10.4. The number of rotatable bonds is 5. The zero-order chi connectivity index (χ0) is 22.8. The molecular formula is C21H23ClF3N2O3P. The number of piperidine rings is 1. The third-order valence-corrected chi connectivity index (χ3v) is 7.82. The van der Waals surface area contributed by atoms with Gasteiger partial charge >= 0.3 is 6.18 Å². The molecule has 1 unspecified atom stereocenters. The van der Waals surface area contributed by atoms with Crippen LogP contribution in [0.5, 0.6) is 0 Å². The molecule has 2 aromatic rings. The van der Waals surface area contributed by atoms with Crippen LogP contribution < -0.4 is 5.32 Å². The minimum atomic E-state index is -4.57. The Balaban J connectivity index is 1.71. The average Bonchev–Trinajstić information content (AvgIpc) is 2.73. The molecule has 0 bridgehead atoms. The summed E-state index contributed by atoms with van der Waals surface area (Å²) >= 11 is 5.69. The Bertz CT molecular complexity index is 1010. The molecule has 0 aliphatic carbocycles. The zero-order valence-electron chi connectivity index (χ0n) is 17.1. The Labute approximate surface area is 184 Å². The quantitative estimate of drug-likeness (QED) is 0.566. The van der Waals surface area contributed by atoms with Gasteiger partial charge in [0.2, 0.25) is 0 Å². The molecule has 1 aliphatic heterocycles. The first kappa shape index (κ1) is 23.8. The van der Waals surface area contributed by atoms with Crippen LogP contribution >= 0.6 is 19.1 Å². The summed E-state index contributed by atoms with van der Waals surface area (Å²) < 4.78 is 58.6. The molecule has 0 saturated carbocycles. The Morgan fingerprint density at radius 1 is 1.16 bits per heavy atom. The van der Waals surface area contributed by atoms with E-state index in [9.17, 15) is 22.5 Å². The van der Waals surface area contributed by atoms with Crippen molar-refractivity contribution < 1.29 is 27.1 Å². The maximum atomic E-state index is 13.2. The first-order chi connectivity index (χ1) is 14.5. The molecule has 1 amide bonds. The van der Waals surface area contributed by atoms with Gasteiger partial charge in [-0.3, -0.25) is 9.36 Å². The fourth-order valence-electron chi connectivity index (χ4n) is 3.52. The number of halogens is 4. The van der Waals surface area contributed by atoms with Crippen LogP contribution in [0.25, 0.3) is 11.1 Å². The molecule has 1 N–H and O–H groups in total. The van der Waals surface area contributed by atoms with Crippen molar-refractivity contribution >= 4 is 25.0 Å². The first-order valence-electron chi connectivity index (χ1n) is 9.68. The molecule has 0 aromatic heterocycles. The van der Waals surface area contributed by atoms with Gasteiger partial charge < -0.3 is 9.84 Å². The minimum absolute atomic E-state index is 0.0865. The molecule has 0 spiro atoms. The Hall–Kier alpha value is -1.86. The van der Waals surface area contributed by atoms with Gasteiger partial charge in [0.1, 0.15) is 0 Å². The zero-order valence-corrected chi connectivity index (χ0v) is 18.7. The van der Waals surface area contributed by atoms with Gasteiger partial charge in [-0.2, -0.15) is 13.2 Å². The van der Waals surface area contributed by atoms with E-state index in [0.29, 0.717) is 42.6 Å². The average molecular weight is 475 g/mol. The normalized spacial score (nSPS) is 17.9. The van der Waals surface area contributed by atoms with Gasteiger partial charge in [-0.15, -0.1) is 0 Å². The topological polar surface area (TPSA) is 58.6 Å². The SMILES string of the molecule is COP(C)(=O)N1CCC(NC(=O)c2cccc(-c3ccc(Cl)c(C(F)(F)F)c3)c2)CC1. The number of carbonyl (C=O) groups is 1. The molecular weight excluding hydrogens is 452 g/mol. The number of carbonyl (C=O) groups excluding carboxylic acids is 1. The number of nitrogens with zero attached hydrogens (tertiary/aromatic N) is 1. The van der Waals surface area contributed by atoms with Gasteiger partial charge in [0.05, 0.1) is 10.6 Å². The summed E-state index contributed by atoms with van der Waals surface area (Å²) in [6, 6.07) is 10.0. The molecule has 1 heterocycles. The molecule has 0 radical (unpaired) electrons. The Morgan fingerprint density at radius 2 is 1.81 bits per heavy atom. The van der Waals surface area contributed by atoms with E-state index in [2.05, 4.69) is 5.32 Å². The summed E-state index contributed by atoms with van der Waals surface area (Å²) in [7, 11) is -1.38. The second kappa shape index (κ2) is 9.33. The molecule has 1 atom stereocenters. The Kier molecular flexibility index (Phi) is 7.16. The van der Waals surface area contributed by atoms with Crippen LogP contribution in [-0.4, -0.2) is 43.5 Å². The number of benzene rings is 2. The standard InChI is InChI=1S/C21H23ClF3N2O3P/c1-30-31(2,29)27-10-8-17(9-11-27)26-20(28)16-5-3-4-14(12-16)15-6-7-19(22)18(13-15)21(23,24)25/h3-7,12-13,17H,8-11H2,1-2H3,(H,26,28). The molecule has 1 saturated heterocycles. The fourth-order valence-corrected chi connectivity index (χ4v) is 4.93. The third kappa shape index (κ3) is 5.69. The smallest absolute Gasteiger partial charge is 0.349 e. The van der Waals surface area contributed by atoms with E-state index in [1.54, 1.807) is 35.6 Å². The summed E-state index contributed by atoms with van der Waals surface area (Å²) in [6.45, 7) is 2.65. The molecule has 5 nitrogen and oxygen atoms in total. The van der Waals surface area contributed by atoms with Gasteiger partial charge in [-0.25, -0.2) is 4.67 Å². The molecule has 2 aromatic carbocycles. The highest BCUT2D eigenvalue weighted by atomic mass is 35.5. The van der Waals surface area contributed by atoms with Crippen molar-refractivity contribution in [3.63, 3.8) is 0 Å². The minimum Gasteiger partial charge on any atom is -0.349 e. The second-order valence-electron chi connectivity index (χ2n) is 7.46. The number of alkyl halides is 3. The van der Waals surface area contributed by atoms with Gasteiger partial charge in [0, 0.05) is 38.5 Å². The summed E-state index contributed by atoms with van der Waals surface area (Å²) in [5, 5.41) is 2.58. The van der Waals surface area contributed by atoms with Crippen molar-refractivity contribution in [1.29, 1.82) is 0 Å². The van der Waals surface area contributed by atoms with Crippen molar-refractivity contribution in [1.82, 2.24) is 9.99 Å². The maximum Gasteiger partial charge on any atom is 0.417 e. The van der Waals surface area contributed by atoms with Gasteiger partial charge in [0.15, 0.2) is 0 Å². The van der Waals surface area contributed by atoms with Crippen molar-refractivity contribution in [3.8, 4) is 11.1 Å². The largest absolute Gasteiger partial charge is 0.417 e. The lowest BCUT2D eigenvalue weighted by Gasteiger charge is -2.34. The molecule has 3 rings (SSSR count). The van der Waals surface area contributed by atoms with E-state index < -0.39 is 19.3 Å². The summed E-state index contributed by atoms with van der Waals surface area (Å²) in [4.78, 5) is 12.7. The predicted molar refractivity (Wildman–Crippen MR) is 114 cm³/mol. The summed E-state index contributed by atoms with van der Waals surface area (Å²) in [5.74, 6) is -0.309. The number of amides is 1. The van der Waals surface area contributed by atoms with Crippen LogP contribution in [0.15, 0.2) is 42.5 Å². The van der Waals surface area contributed by atoms with Gasteiger partial charge in [0.25, 0.3) is 13.4 Å². The molecule has 1 aliphatic rings. The van der Waals surface area contributed by atoms with E-state index in [4.69, 9.17) is 16.1 Å². The highest BCUT2D eigenvalue weighted by molar-refractivity contribution is 7.55. The number of hydrogen-bond acceptors (Lipinski definition) is 3. The third-order valence-electron chi connectivity index (χ3n) is 5.39. The van der Waals surface area contributed by atoms with Gasteiger partial charge in [-0.05, 0) is 48.2 Å². The lowest BCUT2D eigenvalue weighted by molar-refractivity contribution is -0.137. The van der Waals surface area contributed by atoms with Gasteiger partial charge in [-0.1, -0.05) is 29.8 Å². The highest BCUT2D eigenvalue weighted by Crippen LogP contribution is 2.47. The van der Waals surface area contributed by atoms with Crippen molar-refractivity contribution in [2.45, 2.75) is 25.1 Å². The highest BCUT2D eigenvalue weighted by Gasteiger charge is 2.33. The number of hydrogen-bond donors (Lipinski definition) is 1. The molecule has 10 heteroatoms. The molecule has 168 valence electrons. The monoisotopic (exact) mass is 474 g/mol. The van der Waals surface area contributed by atoms with Crippen molar-refractivity contribution in [2.75, 3.05) is 26.9 Å². The first-order valence-corrected chi connectivity index (χ1v) is 12.1.